The number of fused-ring (bicyclic) bond motifs is 1. The molecule has 0 fully saturated rings. The van der Waals surface area contributed by atoms with E-state index >= 15 is 0 Å². The molecule has 2 nitrogen and oxygen atoms in total. The number of hydrogen-bond acceptors (Lipinski definition) is 3. The van der Waals surface area contributed by atoms with Crippen LogP contribution in [0, 0.1) is 3.57 Å². The second-order valence-corrected chi connectivity index (χ2v) is 5.67. The number of halogens is 1. The van der Waals surface area contributed by atoms with E-state index in [1.54, 1.807) is 12.1 Å². The first-order valence-corrected chi connectivity index (χ1v) is 6.84. The summed E-state index contributed by atoms with van der Waals surface area (Å²) in [5, 5.41) is 1.20. The van der Waals surface area contributed by atoms with Crippen molar-refractivity contribution >= 4 is 58.6 Å². The van der Waals surface area contributed by atoms with Crippen molar-refractivity contribution in [3.63, 3.8) is 0 Å². The summed E-state index contributed by atoms with van der Waals surface area (Å²) in [5.41, 5.74) is 1.17. The van der Waals surface area contributed by atoms with Crippen LogP contribution in [0.1, 0.15) is 6.92 Å². The van der Waals surface area contributed by atoms with Crippen molar-refractivity contribution in [2.24, 2.45) is 0 Å². The predicted octanol–water partition coefficient (Wildman–Crippen LogP) is 2.30. The summed E-state index contributed by atoms with van der Waals surface area (Å²) in [7, 11) is 5.70. The fraction of sp³-hybridized carbons (Fsp3) is 0.182. The molecule has 0 amide bonds. The molecule has 0 saturated heterocycles. The van der Waals surface area contributed by atoms with E-state index < -0.39 is 0 Å². The first-order valence-electron chi connectivity index (χ1n) is 4.77. The molecule has 0 aliphatic heterocycles. The lowest BCUT2D eigenvalue weighted by Crippen LogP contribution is -2.08. The Morgan fingerprint density at radius 1 is 1.44 bits per heavy atom. The van der Waals surface area contributed by atoms with E-state index in [9.17, 15) is 4.79 Å². The minimum absolute atomic E-state index is 0.0394. The Morgan fingerprint density at radius 2 is 2.19 bits per heavy atom. The molecule has 1 heterocycles. The summed E-state index contributed by atoms with van der Waals surface area (Å²) >= 11 is 3.64. The van der Waals surface area contributed by atoms with Gasteiger partial charge in [-0.2, -0.15) is 0 Å². The predicted molar refractivity (Wildman–Crippen MR) is 77.0 cm³/mol. The highest BCUT2D eigenvalue weighted by atomic mass is 127. The lowest BCUT2D eigenvalue weighted by Gasteiger charge is -2.04. The second-order valence-electron chi connectivity index (χ2n) is 3.24. The van der Waals surface area contributed by atoms with E-state index in [1.807, 2.05) is 6.92 Å². The Labute approximate surface area is 112 Å². The topological polar surface area (TPSA) is 30.2 Å². The smallest absolute Gasteiger partial charge is 0.193 e. The van der Waals surface area contributed by atoms with Gasteiger partial charge in [0.15, 0.2) is 16.1 Å². The number of benzene rings is 1. The molecule has 0 unspecified atom stereocenters. The molecule has 0 atom stereocenters. The van der Waals surface area contributed by atoms with E-state index in [0.717, 1.165) is 9.32 Å². The Morgan fingerprint density at radius 3 is 2.88 bits per heavy atom. The van der Waals surface area contributed by atoms with E-state index in [2.05, 4.69) is 22.6 Å². The Kier molecular flexibility index (Phi) is 3.64. The van der Waals surface area contributed by atoms with Gasteiger partial charge in [0.2, 0.25) is 0 Å². The Bertz CT molecular complexity index is 594. The number of thioether (sulfide) groups is 1. The maximum atomic E-state index is 11.8. The number of hydrogen-bond donors (Lipinski definition) is 0. The zero-order valence-corrected chi connectivity index (χ0v) is 11.6. The van der Waals surface area contributed by atoms with Crippen LogP contribution in [-0.4, -0.2) is 13.6 Å². The van der Waals surface area contributed by atoms with Crippen molar-refractivity contribution in [3.05, 3.63) is 32.0 Å². The maximum absolute atomic E-state index is 11.8. The lowest BCUT2D eigenvalue weighted by molar-refractivity contribution is 0.498. The maximum Gasteiger partial charge on any atom is 0.193 e. The summed E-state index contributed by atoms with van der Waals surface area (Å²) in [6.07, 6.45) is 0. The van der Waals surface area contributed by atoms with Gasteiger partial charge in [-0.25, -0.2) is 0 Å². The average molecular weight is 342 g/mol. The van der Waals surface area contributed by atoms with Gasteiger partial charge in [-0.05, 0) is 28.3 Å². The van der Waals surface area contributed by atoms with Gasteiger partial charge >= 0.3 is 0 Å². The molecule has 0 aliphatic rings. The van der Waals surface area contributed by atoms with Crippen molar-refractivity contribution in [3.8, 4) is 0 Å². The third-order valence-corrected chi connectivity index (χ3v) is 3.65. The van der Waals surface area contributed by atoms with Gasteiger partial charge in [-0.3, -0.25) is 4.79 Å². The van der Waals surface area contributed by atoms with Crippen molar-refractivity contribution in [2.45, 2.75) is 12.0 Å². The molecular formula is C11H8BIO2S. The van der Waals surface area contributed by atoms with Gasteiger partial charge in [-0.1, -0.05) is 36.3 Å². The molecule has 5 heteroatoms. The van der Waals surface area contributed by atoms with Crippen molar-refractivity contribution < 1.29 is 4.42 Å². The highest BCUT2D eigenvalue weighted by molar-refractivity contribution is 14.1. The van der Waals surface area contributed by atoms with E-state index in [0.29, 0.717) is 21.5 Å². The molecule has 2 rings (SSSR count). The molecule has 80 valence electrons. The van der Waals surface area contributed by atoms with Gasteiger partial charge in [0.25, 0.3) is 0 Å². The molecule has 0 N–H and O–H groups in total. The minimum Gasteiger partial charge on any atom is -0.448 e. The quantitative estimate of drug-likeness (QED) is 0.477. The van der Waals surface area contributed by atoms with E-state index in [1.165, 1.54) is 17.8 Å². The van der Waals surface area contributed by atoms with Crippen LogP contribution in [-0.2, 0) is 0 Å². The fourth-order valence-electron chi connectivity index (χ4n) is 1.43. The Balaban J connectivity index is 2.77. The van der Waals surface area contributed by atoms with Crippen LogP contribution in [0.15, 0.2) is 32.5 Å². The summed E-state index contributed by atoms with van der Waals surface area (Å²) in [6, 6.07) is 4.97. The molecule has 1 aromatic carbocycles. The van der Waals surface area contributed by atoms with E-state index in [-0.39, 0.29) is 5.43 Å². The van der Waals surface area contributed by atoms with Crippen molar-refractivity contribution in [2.75, 3.05) is 5.75 Å². The summed E-state index contributed by atoms with van der Waals surface area (Å²) in [6.45, 7) is 2.02. The monoisotopic (exact) mass is 342 g/mol. The molecule has 0 bridgehead atoms. The normalized spacial score (nSPS) is 10.9. The first-order chi connectivity index (χ1) is 7.61. The van der Waals surface area contributed by atoms with Crippen LogP contribution in [0.3, 0.4) is 0 Å². The zero-order chi connectivity index (χ0) is 11.7. The minimum atomic E-state index is -0.0394. The van der Waals surface area contributed by atoms with Crippen LogP contribution in [0.2, 0.25) is 0 Å². The summed E-state index contributed by atoms with van der Waals surface area (Å²) in [5.74, 6) is 0.875. The summed E-state index contributed by atoms with van der Waals surface area (Å²) < 4.78 is 6.53. The van der Waals surface area contributed by atoms with Gasteiger partial charge in [0.1, 0.15) is 7.85 Å². The molecule has 0 aliphatic carbocycles. The highest BCUT2D eigenvalue weighted by Gasteiger charge is 2.08. The molecule has 1 aromatic heterocycles. The lowest BCUT2D eigenvalue weighted by atomic mass is 9.95. The molecule has 0 spiro atoms. The molecular weight excluding hydrogens is 334 g/mol. The molecule has 2 radical (unpaired) electrons. The second kappa shape index (κ2) is 4.83. The standard InChI is InChI=1S/C11H8BIO2S/c1-2-16-10-5-9(14)7-3-6(12)4-8(13)11(7)15-10/h3-5H,2H2,1H3. The molecule has 0 saturated carbocycles. The van der Waals surface area contributed by atoms with Gasteiger partial charge in [-0.15, -0.1) is 0 Å². The highest BCUT2D eigenvalue weighted by Crippen LogP contribution is 2.23. The first kappa shape index (κ1) is 12.0. The zero-order valence-electron chi connectivity index (χ0n) is 8.62. The van der Waals surface area contributed by atoms with Crippen LogP contribution in [0.25, 0.3) is 11.0 Å². The van der Waals surface area contributed by atoms with Crippen LogP contribution >= 0.6 is 34.4 Å². The van der Waals surface area contributed by atoms with E-state index in [4.69, 9.17) is 12.3 Å². The fourth-order valence-corrected chi connectivity index (χ4v) is 2.81. The molecule has 2 aromatic rings. The largest absolute Gasteiger partial charge is 0.448 e. The molecule has 16 heavy (non-hydrogen) atoms. The van der Waals surface area contributed by atoms with Gasteiger partial charge in [0.05, 0.1) is 8.96 Å². The number of rotatable bonds is 2. The summed E-state index contributed by atoms with van der Waals surface area (Å²) in [4.78, 5) is 11.8. The van der Waals surface area contributed by atoms with Gasteiger partial charge < -0.3 is 4.42 Å². The average Bonchev–Trinajstić information content (AvgIpc) is 2.20. The third-order valence-electron chi connectivity index (χ3n) is 2.07. The van der Waals surface area contributed by atoms with Crippen LogP contribution in [0.4, 0.5) is 0 Å². The van der Waals surface area contributed by atoms with Crippen molar-refractivity contribution in [1.82, 2.24) is 0 Å². The van der Waals surface area contributed by atoms with Gasteiger partial charge in [0, 0.05) is 6.07 Å². The van der Waals surface area contributed by atoms with Crippen LogP contribution in [0.5, 0.6) is 0 Å². The SMILES string of the molecule is [B]c1cc(I)c2oc(SCC)cc(=O)c2c1. The Hall–Kier alpha value is -0.425. The van der Waals surface area contributed by atoms with Crippen molar-refractivity contribution in [1.29, 1.82) is 0 Å². The van der Waals surface area contributed by atoms with Crippen LogP contribution < -0.4 is 10.9 Å². The third kappa shape index (κ3) is 2.30.